The predicted octanol–water partition coefficient (Wildman–Crippen LogP) is 1.49. The number of anilines is 1. The highest BCUT2D eigenvalue weighted by atomic mass is 16.7. The fourth-order valence-electron chi connectivity index (χ4n) is 4.45. The average molecular weight is 341 g/mol. The van der Waals surface area contributed by atoms with E-state index in [4.69, 9.17) is 14.2 Å². The van der Waals surface area contributed by atoms with Gasteiger partial charge >= 0.3 is 0 Å². The van der Waals surface area contributed by atoms with Gasteiger partial charge in [-0.15, -0.1) is 0 Å². The second-order valence-electron chi connectivity index (χ2n) is 7.15. The third kappa shape index (κ3) is 1.84. The molecule has 4 heterocycles. The molecule has 3 fully saturated rings. The van der Waals surface area contributed by atoms with Crippen LogP contribution in [0.5, 0.6) is 0 Å². The standard InChI is InChI=1S/C19H19NO5/c1-10-3-4-12(9-11(10)2)20-16(21)14-13-5-6-19(25-13,15(14)17(20)22)18-23-7-8-24-18/h3-6,9,13-15,18H,7-8H2,1-2H3/t13-,14-,15-,19-/m1/s1. The molecule has 1 aromatic carbocycles. The largest absolute Gasteiger partial charge is 0.357 e. The van der Waals surface area contributed by atoms with Gasteiger partial charge in [-0.3, -0.25) is 9.59 Å². The fourth-order valence-corrected chi connectivity index (χ4v) is 4.45. The molecular weight excluding hydrogens is 322 g/mol. The van der Waals surface area contributed by atoms with E-state index >= 15 is 0 Å². The van der Waals surface area contributed by atoms with E-state index in [9.17, 15) is 9.59 Å². The van der Waals surface area contributed by atoms with Crippen molar-refractivity contribution in [2.45, 2.75) is 31.8 Å². The molecule has 0 aliphatic carbocycles. The Morgan fingerprint density at radius 1 is 1.08 bits per heavy atom. The van der Waals surface area contributed by atoms with Gasteiger partial charge in [0.1, 0.15) is 0 Å². The summed E-state index contributed by atoms with van der Waals surface area (Å²) < 4.78 is 17.3. The Morgan fingerprint density at radius 3 is 2.56 bits per heavy atom. The smallest absolute Gasteiger partial charge is 0.241 e. The summed E-state index contributed by atoms with van der Waals surface area (Å²) in [5.74, 6) is -1.54. The van der Waals surface area contributed by atoms with Crippen molar-refractivity contribution in [3.8, 4) is 0 Å². The van der Waals surface area contributed by atoms with Gasteiger partial charge in [-0.1, -0.05) is 12.1 Å². The molecule has 4 aliphatic heterocycles. The molecule has 1 aromatic rings. The zero-order chi connectivity index (χ0) is 17.3. The number of rotatable bonds is 2. The molecule has 25 heavy (non-hydrogen) atoms. The van der Waals surface area contributed by atoms with Gasteiger partial charge in [0.05, 0.1) is 36.8 Å². The Kier molecular flexibility index (Phi) is 3.05. The Hall–Kier alpha value is -2.02. The summed E-state index contributed by atoms with van der Waals surface area (Å²) in [5.41, 5.74) is 1.80. The van der Waals surface area contributed by atoms with Gasteiger partial charge in [-0.2, -0.15) is 0 Å². The van der Waals surface area contributed by atoms with Crippen LogP contribution in [0.2, 0.25) is 0 Å². The summed E-state index contributed by atoms with van der Waals surface area (Å²) in [7, 11) is 0. The summed E-state index contributed by atoms with van der Waals surface area (Å²) in [4.78, 5) is 27.6. The lowest BCUT2D eigenvalue weighted by Gasteiger charge is -2.32. The number of aryl methyl sites for hydroxylation is 2. The molecule has 4 aliphatic rings. The van der Waals surface area contributed by atoms with E-state index in [-0.39, 0.29) is 11.8 Å². The van der Waals surface area contributed by atoms with Crippen molar-refractivity contribution in [2.24, 2.45) is 11.8 Å². The monoisotopic (exact) mass is 341 g/mol. The first-order valence-corrected chi connectivity index (χ1v) is 8.58. The van der Waals surface area contributed by atoms with Crippen LogP contribution in [0, 0.1) is 25.7 Å². The number of carbonyl (C=O) groups excluding carboxylic acids is 2. The van der Waals surface area contributed by atoms with E-state index in [0.29, 0.717) is 18.9 Å². The number of benzene rings is 1. The second-order valence-corrected chi connectivity index (χ2v) is 7.15. The molecule has 2 bridgehead atoms. The topological polar surface area (TPSA) is 65.1 Å². The first-order chi connectivity index (χ1) is 12.0. The van der Waals surface area contributed by atoms with Crippen molar-refractivity contribution in [1.29, 1.82) is 0 Å². The highest BCUT2D eigenvalue weighted by Crippen LogP contribution is 2.55. The van der Waals surface area contributed by atoms with Gasteiger partial charge in [0.25, 0.3) is 0 Å². The highest BCUT2D eigenvalue weighted by Gasteiger charge is 2.71. The van der Waals surface area contributed by atoms with Crippen LogP contribution in [0.25, 0.3) is 0 Å². The first kappa shape index (κ1) is 15.3. The van der Waals surface area contributed by atoms with Gasteiger partial charge < -0.3 is 14.2 Å². The van der Waals surface area contributed by atoms with Crippen molar-refractivity contribution in [1.82, 2.24) is 0 Å². The minimum Gasteiger partial charge on any atom is -0.357 e. The molecule has 0 radical (unpaired) electrons. The van der Waals surface area contributed by atoms with E-state index < -0.39 is 29.8 Å². The number of amides is 2. The Balaban J connectivity index is 1.56. The Bertz CT molecular complexity index is 812. The molecular formula is C19H19NO5. The molecule has 0 N–H and O–H groups in total. The second kappa shape index (κ2) is 5.00. The summed E-state index contributed by atoms with van der Waals surface area (Å²) in [6, 6.07) is 5.64. The van der Waals surface area contributed by atoms with E-state index in [0.717, 1.165) is 11.1 Å². The van der Waals surface area contributed by atoms with E-state index in [1.54, 1.807) is 0 Å². The Labute approximate surface area is 145 Å². The number of imide groups is 1. The molecule has 6 nitrogen and oxygen atoms in total. The number of nitrogens with zero attached hydrogens (tertiary/aromatic N) is 1. The normalized spacial score (nSPS) is 36.7. The van der Waals surface area contributed by atoms with E-state index in [1.807, 2.05) is 44.2 Å². The van der Waals surface area contributed by atoms with Crippen molar-refractivity contribution >= 4 is 17.5 Å². The maximum Gasteiger partial charge on any atom is 0.241 e. The van der Waals surface area contributed by atoms with Crippen LogP contribution >= 0.6 is 0 Å². The summed E-state index contributed by atoms with van der Waals surface area (Å²) in [6.07, 6.45) is 2.68. The van der Waals surface area contributed by atoms with Crippen LogP contribution in [0.3, 0.4) is 0 Å². The summed E-state index contributed by atoms with van der Waals surface area (Å²) in [5, 5.41) is 0. The predicted molar refractivity (Wildman–Crippen MR) is 87.8 cm³/mol. The first-order valence-electron chi connectivity index (χ1n) is 8.58. The number of hydrogen-bond acceptors (Lipinski definition) is 5. The molecule has 0 aromatic heterocycles. The van der Waals surface area contributed by atoms with Gasteiger partial charge in [0.2, 0.25) is 11.8 Å². The minimum atomic E-state index is -0.993. The van der Waals surface area contributed by atoms with Crippen LogP contribution in [0.4, 0.5) is 5.69 Å². The lowest BCUT2D eigenvalue weighted by atomic mass is 9.76. The van der Waals surface area contributed by atoms with Crippen molar-refractivity contribution < 1.29 is 23.8 Å². The SMILES string of the molecule is Cc1ccc(N2C(=O)[C@@H]3[C@H]4C=C[C@@](C5OCCO5)(O4)[C@H]3C2=O)cc1C. The number of carbonyl (C=O) groups is 2. The molecule has 4 atom stereocenters. The van der Waals surface area contributed by atoms with Gasteiger partial charge in [0.15, 0.2) is 11.9 Å². The third-order valence-electron chi connectivity index (χ3n) is 5.82. The van der Waals surface area contributed by atoms with Crippen LogP contribution in [0.15, 0.2) is 30.4 Å². The van der Waals surface area contributed by atoms with Gasteiger partial charge in [-0.05, 0) is 43.2 Å². The molecule has 0 unspecified atom stereocenters. The fraction of sp³-hybridized carbons (Fsp3) is 0.474. The van der Waals surface area contributed by atoms with Crippen molar-refractivity contribution in [3.63, 3.8) is 0 Å². The molecule has 0 saturated carbocycles. The minimum absolute atomic E-state index is 0.201. The van der Waals surface area contributed by atoms with Crippen LogP contribution in [-0.2, 0) is 23.8 Å². The zero-order valence-electron chi connectivity index (χ0n) is 14.1. The lowest BCUT2D eigenvalue weighted by molar-refractivity contribution is -0.180. The molecule has 3 saturated heterocycles. The maximum absolute atomic E-state index is 13.2. The highest BCUT2D eigenvalue weighted by molar-refractivity contribution is 6.23. The molecule has 6 heteroatoms. The summed E-state index contributed by atoms with van der Waals surface area (Å²) >= 11 is 0. The number of hydrogen-bond donors (Lipinski definition) is 0. The van der Waals surface area contributed by atoms with E-state index in [1.165, 1.54) is 4.90 Å². The lowest BCUT2D eigenvalue weighted by Crippen LogP contribution is -2.49. The maximum atomic E-state index is 13.2. The van der Waals surface area contributed by atoms with Crippen LogP contribution in [-0.4, -0.2) is 43.0 Å². The van der Waals surface area contributed by atoms with Gasteiger partial charge in [-0.25, -0.2) is 4.90 Å². The summed E-state index contributed by atoms with van der Waals surface area (Å²) in [6.45, 7) is 4.91. The number of ether oxygens (including phenoxy) is 3. The molecule has 130 valence electrons. The van der Waals surface area contributed by atoms with Crippen LogP contribution in [0.1, 0.15) is 11.1 Å². The average Bonchev–Trinajstić information content (AvgIpc) is 3.34. The number of fused-ring (bicyclic) bond motifs is 5. The Morgan fingerprint density at radius 2 is 1.84 bits per heavy atom. The molecule has 0 spiro atoms. The molecule has 5 rings (SSSR count). The van der Waals surface area contributed by atoms with Crippen molar-refractivity contribution in [2.75, 3.05) is 18.1 Å². The van der Waals surface area contributed by atoms with Gasteiger partial charge in [0, 0.05) is 0 Å². The van der Waals surface area contributed by atoms with E-state index in [2.05, 4.69) is 0 Å². The van der Waals surface area contributed by atoms with Crippen molar-refractivity contribution in [3.05, 3.63) is 41.5 Å². The zero-order valence-corrected chi connectivity index (χ0v) is 14.1. The quantitative estimate of drug-likeness (QED) is 0.602. The molecule has 2 amide bonds. The third-order valence-corrected chi connectivity index (χ3v) is 5.82. The van der Waals surface area contributed by atoms with Crippen LogP contribution < -0.4 is 4.90 Å².